The number of unbranched alkanes of at least 4 members (excludes halogenated alkanes) is 1. The maximum atomic E-state index is 11.6. The van der Waals surface area contributed by atoms with Crippen molar-refractivity contribution >= 4 is 39.5 Å². The fourth-order valence-corrected chi connectivity index (χ4v) is 2.08. The molecule has 0 aliphatic carbocycles. The van der Waals surface area contributed by atoms with Crippen LogP contribution in [-0.4, -0.2) is 29.6 Å². The van der Waals surface area contributed by atoms with E-state index in [9.17, 15) is 14.4 Å². The number of carbonyl (C=O) groups excluding carboxylic acids is 2. The number of anilines is 1. The van der Waals surface area contributed by atoms with Crippen molar-refractivity contribution in [3.63, 3.8) is 0 Å². The molecule has 0 spiro atoms. The molecule has 0 bridgehead atoms. The van der Waals surface area contributed by atoms with Crippen molar-refractivity contribution in [2.24, 2.45) is 5.73 Å². The second-order valence-corrected chi connectivity index (χ2v) is 5.25. The summed E-state index contributed by atoms with van der Waals surface area (Å²) in [5.41, 5.74) is 5.44. The lowest BCUT2D eigenvalue weighted by Gasteiger charge is -2.08. The zero-order chi connectivity index (χ0) is 15.8. The lowest BCUT2D eigenvalue weighted by atomic mass is 10.2. The van der Waals surface area contributed by atoms with Gasteiger partial charge in [-0.15, -0.1) is 0 Å². The minimum Gasteiger partial charge on any atom is -0.478 e. The Morgan fingerprint density at radius 2 is 1.90 bits per heavy atom. The summed E-state index contributed by atoms with van der Waals surface area (Å²) in [5.74, 6) is -1.44. The molecule has 21 heavy (non-hydrogen) atoms. The van der Waals surface area contributed by atoms with Crippen LogP contribution in [-0.2, 0) is 4.79 Å². The third-order valence-corrected chi connectivity index (χ3v) is 3.00. The van der Waals surface area contributed by atoms with Gasteiger partial charge in [0.15, 0.2) is 0 Å². The van der Waals surface area contributed by atoms with Crippen LogP contribution in [0.3, 0.4) is 0 Å². The van der Waals surface area contributed by atoms with Gasteiger partial charge in [-0.05, 0) is 31.0 Å². The summed E-state index contributed by atoms with van der Waals surface area (Å²) >= 11 is 3.18. The van der Waals surface area contributed by atoms with Crippen LogP contribution in [0.25, 0.3) is 0 Å². The molecule has 114 valence electrons. The monoisotopic (exact) mass is 357 g/mol. The number of carboxylic acids is 1. The first-order chi connectivity index (χ1) is 9.88. The zero-order valence-corrected chi connectivity index (χ0v) is 12.8. The van der Waals surface area contributed by atoms with Gasteiger partial charge in [0.1, 0.15) is 0 Å². The minimum atomic E-state index is -1.08. The van der Waals surface area contributed by atoms with E-state index in [1.54, 1.807) is 6.07 Å². The molecule has 0 saturated heterocycles. The topological polar surface area (TPSA) is 122 Å². The van der Waals surface area contributed by atoms with E-state index in [2.05, 4.69) is 26.6 Å². The van der Waals surface area contributed by atoms with Crippen molar-refractivity contribution < 1.29 is 19.5 Å². The van der Waals surface area contributed by atoms with Crippen molar-refractivity contribution in [2.45, 2.75) is 19.3 Å². The van der Waals surface area contributed by atoms with Crippen LogP contribution in [0, 0.1) is 0 Å². The Kier molecular flexibility index (Phi) is 6.67. The van der Waals surface area contributed by atoms with Gasteiger partial charge >= 0.3 is 12.0 Å². The van der Waals surface area contributed by atoms with Gasteiger partial charge in [0.25, 0.3) is 0 Å². The molecule has 7 nitrogen and oxygen atoms in total. The second-order valence-electron chi connectivity index (χ2n) is 4.34. The number of carbonyl (C=O) groups is 3. The molecule has 0 radical (unpaired) electrons. The van der Waals surface area contributed by atoms with Crippen LogP contribution in [0.15, 0.2) is 22.7 Å². The van der Waals surface area contributed by atoms with E-state index in [1.165, 1.54) is 12.1 Å². The van der Waals surface area contributed by atoms with E-state index in [4.69, 9.17) is 10.8 Å². The molecule has 0 aliphatic heterocycles. The number of hydrogen-bond donors (Lipinski definition) is 4. The number of carboxylic acid groups (broad SMARTS) is 1. The quantitative estimate of drug-likeness (QED) is 0.556. The van der Waals surface area contributed by atoms with E-state index in [0.29, 0.717) is 29.5 Å². The van der Waals surface area contributed by atoms with Crippen molar-refractivity contribution in [2.75, 3.05) is 11.9 Å². The van der Waals surface area contributed by atoms with Gasteiger partial charge in [0.05, 0.1) is 5.56 Å². The largest absolute Gasteiger partial charge is 0.478 e. The molecule has 0 aromatic heterocycles. The van der Waals surface area contributed by atoms with Crippen LogP contribution in [0.2, 0.25) is 0 Å². The van der Waals surface area contributed by atoms with Gasteiger partial charge in [-0.2, -0.15) is 0 Å². The molecular weight excluding hydrogens is 342 g/mol. The number of halogens is 1. The Morgan fingerprint density at radius 3 is 2.52 bits per heavy atom. The van der Waals surface area contributed by atoms with Crippen molar-refractivity contribution in [1.82, 2.24) is 5.32 Å². The minimum absolute atomic E-state index is 0.0705. The summed E-state index contributed by atoms with van der Waals surface area (Å²) in [7, 11) is 0. The number of aromatic carboxylic acids is 1. The smallest absolute Gasteiger partial charge is 0.335 e. The summed E-state index contributed by atoms with van der Waals surface area (Å²) in [6, 6.07) is 3.96. The van der Waals surface area contributed by atoms with Crippen LogP contribution in [0.1, 0.15) is 29.6 Å². The Hall–Kier alpha value is -2.09. The third kappa shape index (κ3) is 6.75. The van der Waals surface area contributed by atoms with Gasteiger partial charge in [0.2, 0.25) is 5.91 Å². The number of primary amides is 1. The number of benzene rings is 1. The summed E-state index contributed by atoms with van der Waals surface area (Å²) in [5, 5.41) is 14.1. The summed E-state index contributed by atoms with van der Waals surface area (Å²) in [4.78, 5) is 33.1. The highest BCUT2D eigenvalue weighted by Gasteiger charge is 2.08. The van der Waals surface area contributed by atoms with E-state index in [-0.39, 0.29) is 17.9 Å². The first-order valence-electron chi connectivity index (χ1n) is 6.25. The fraction of sp³-hybridized carbons (Fsp3) is 0.308. The van der Waals surface area contributed by atoms with Crippen molar-refractivity contribution in [1.29, 1.82) is 0 Å². The molecule has 0 aliphatic rings. The molecule has 1 aromatic carbocycles. The predicted molar refractivity (Wildman–Crippen MR) is 81.2 cm³/mol. The van der Waals surface area contributed by atoms with E-state index in [1.807, 2.05) is 0 Å². The third-order valence-electron chi connectivity index (χ3n) is 2.54. The Morgan fingerprint density at radius 1 is 1.19 bits per heavy atom. The molecule has 0 atom stereocenters. The molecule has 5 N–H and O–H groups in total. The maximum Gasteiger partial charge on any atom is 0.335 e. The SMILES string of the molecule is NC(=O)CCCCNC(=O)Nc1cc(Br)cc(C(=O)O)c1. The highest BCUT2D eigenvalue weighted by molar-refractivity contribution is 9.10. The van der Waals surface area contributed by atoms with Gasteiger partial charge in [-0.3, -0.25) is 4.79 Å². The lowest BCUT2D eigenvalue weighted by molar-refractivity contribution is -0.118. The Balaban J connectivity index is 2.44. The number of urea groups is 1. The molecule has 0 saturated carbocycles. The van der Waals surface area contributed by atoms with Crippen molar-refractivity contribution in [3.05, 3.63) is 28.2 Å². The van der Waals surface area contributed by atoms with E-state index >= 15 is 0 Å². The molecule has 1 rings (SSSR count). The van der Waals surface area contributed by atoms with Crippen LogP contribution < -0.4 is 16.4 Å². The van der Waals surface area contributed by atoms with E-state index < -0.39 is 12.0 Å². The summed E-state index contributed by atoms with van der Waals surface area (Å²) in [6.07, 6.45) is 1.53. The number of nitrogens with two attached hydrogens (primary N) is 1. The Bertz CT molecular complexity index is 548. The molecule has 1 aromatic rings. The van der Waals surface area contributed by atoms with Crippen molar-refractivity contribution in [3.8, 4) is 0 Å². The summed E-state index contributed by atoms with van der Waals surface area (Å²) in [6.45, 7) is 0.402. The standard InChI is InChI=1S/C13H16BrN3O4/c14-9-5-8(12(19)20)6-10(7-9)17-13(21)16-4-2-1-3-11(15)18/h5-7H,1-4H2,(H2,15,18)(H,19,20)(H2,16,17,21). The number of rotatable bonds is 7. The average Bonchev–Trinajstić information content (AvgIpc) is 2.37. The number of hydrogen-bond acceptors (Lipinski definition) is 3. The zero-order valence-electron chi connectivity index (χ0n) is 11.2. The Labute approximate surface area is 130 Å². The van der Waals surface area contributed by atoms with E-state index in [0.717, 1.165) is 0 Å². The normalized spacial score (nSPS) is 9.95. The molecular formula is C13H16BrN3O4. The van der Waals surface area contributed by atoms with Crippen LogP contribution in [0.4, 0.5) is 10.5 Å². The van der Waals surface area contributed by atoms with Gasteiger partial charge < -0.3 is 21.5 Å². The van der Waals surface area contributed by atoms with Crippen LogP contribution >= 0.6 is 15.9 Å². The lowest BCUT2D eigenvalue weighted by Crippen LogP contribution is -2.29. The molecule has 3 amide bonds. The molecule has 0 heterocycles. The first-order valence-corrected chi connectivity index (χ1v) is 7.05. The van der Waals surface area contributed by atoms with Gasteiger partial charge in [-0.25, -0.2) is 9.59 Å². The highest BCUT2D eigenvalue weighted by atomic mass is 79.9. The highest BCUT2D eigenvalue weighted by Crippen LogP contribution is 2.19. The summed E-state index contributed by atoms with van der Waals surface area (Å²) < 4.78 is 0.555. The molecule has 8 heteroatoms. The maximum absolute atomic E-state index is 11.6. The molecule has 0 fully saturated rings. The average molecular weight is 358 g/mol. The first kappa shape index (κ1) is 17.0. The second kappa shape index (κ2) is 8.25. The van der Waals surface area contributed by atoms with Gasteiger partial charge in [-0.1, -0.05) is 15.9 Å². The number of nitrogens with one attached hydrogen (secondary N) is 2. The van der Waals surface area contributed by atoms with Gasteiger partial charge in [0, 0.05) is 23.1 Å². The number of amides is 3. The fourth-order valence-electron chi connectivity index (χ4n) is 1.59. The predicted octanol–water partition coefficient (Wildman–Crippen LogP) is 1.92. The van der Waals surface area contributed by atoms with Crippen LogP contribution in [0.5, 0.6) is 0 Å². The molecule has 0 unspecified atom stereocenters.